The Hall–Kier alpha value is -0.200. The van der Waals surface area contributed by atoms with Crippen molar-refractivity contribution in [3.8, 4) is 11.4 Å². The van der Waals surface area contributed by atoms with Crippen LogP contribution in [-0.4, -0.2) is 14.8 Å². The Bertz CT molecular complexity index is 570. The Kier molecular flexibility index (Phi) is 3.60. The highest BCUT2D eigenvalue weighted by Crippen LogP contribution is 2.40. The Morgan fingerprint density at radius 2 is 1.78 bits per heavy atom. The lowest BCUT2D eigenvalue weighted by Gasteiger charge is -2.08. The number of rotatable bonds is 3. The van der Waals surface area contributed by atoms with E-state index in [9.17, 15) is 0 Å². The van der Waals surface area contributed by atoms with Gasteiger partial charge in [-0.15, -0.1) is 10.2 Å². The predicted octanol–water partition coefficient (Wildman–Crippen LogP) is 4.70. The molecule has 0 bridgehead atoms. The van der Waals surface area contributed by atoms with E-state index in [0.717, 1.165) is 31.5 Å². The Morgan fingerprint density at radius 3 is 2.33 bits per heavy atom. The van der Waals surface area contributed by atoms with E-state index in [-0.39, 0.29) is 0 Å². The molecule has 0 atom stereocenters. The van der Waals surface area contributed by atoms with Crippen molar-refractivity contribution < 1.29 is 0 Å². The van der Waals surface area contributed by atoms with Crippen molar-refractivity contribution in [2.75, 3.05) is 0 Å². The number of hydrogen-bond acceptors (Lipinski definition) is 2. The molecule has 18 heavy (non-hydrogen) atoms. The fourth-order valence-corrected chi connectivity index (χ4v) is 3.69. The van der Waals surface area contributed by atoms with Crippen LogP contribution in [0, 0.1) is 0 Å². The van der Waals surface area contributed by atoms with Gasteiger partial charge in [0.2, 0.25) is 0 Å². The van der Waals surface area contributed by atoms with Crippen LogP contribution < -0.4 is 0 Å². The molecule has 0 N–H and O–H groups in total. The minimum atomic E-state index is 0.570. The summed E-state index contributed by atoms with van der Waals surface area (Å²) >= 11 is 10.5. The molecule has 3 nitrogen and oxygen atoms in total. The number of halogens is 3. The molecule has 0 radical (unpaired) electrons. The highest BCUT2D eigenvalue weighted by atomic mass is 79.9. The van der Waals surface area contributed by atoms with Crippen LogP contribution in [0.4, 0.5) is 0 Å². The lowest BCUT2D eigenvalue weighted by Crippen LogP contribution is -2.01. The Balaban J connectivity index is 2.13. The van der Waals surface area contributed by atoms with Crippen LogP contribution in [0.3, 0.4) is 0 Å². The van der Waals surface area contributed by atoms with E-state index >= 15 is 0 Å². The van der Waals surface area contributed by atoms with Crippen molar-refractivity contribution in [1.29, 1.82) is 0 Å². The van der Waals surface area contributed by atoms with Gasteiger partial charge in [0.15, 0.2) is 5.82 Å². The fraction of sp³-hybridized carbons (Fsp3) is 0.333. The molecule has 0 amide bonds. The summed E-state index contributed by atoms with van der Waals surface area (Å²) in [4.78, 5) is 0. The van der Waals surface area contributed by atoms with Crippen LogP contribution in [0.1, 0.15) is 24.7 Å². The van der Waals surface area contributed by atoms with Gasteiger partial charge >= 0.3 is 0 Å². The van der Waals surface area contributed by atoms with Crippen molar-refractivity contribution >= 4 is 47.8 Å². The van der Waals surface area contributed by atoms with E-state index in [2.05, 4.69) is 74.7 Å². The van der Waals surface area contributed by atoms with Crippen molar-refractivity contribution in [3.63, 3.8) is 0 Å². The zero-order chi connectivity index (χ0) is 12.7. The molecule has 1 aromatic heterocycles. The van der Waals surface area contributed by atoms with E-state index in [1.165, 1.54) is 12.8 Å². The van der Waals surface area contributed by atoms with Gasteiger partial charge < -0.3 is 4.57 Å². The van der Waals surface area contributed by atoms with E-state index in [0.29, 0.717) is 6.04 Å². The molecule has 2 aromatic rings. The van der Waals surface area contributed by atoms with E-state index in [1.54, 1.807) is 0 Å². The minimum absolute atomic E-state index is 0.570. The van der Waals surface area contributed by atoms with Crippen molar-refractivity contribution in [1.82, 2.24) is 14.8 Å². The molecular weight excluding hydrogens is 426 g/mol. The summed E-state index contributed by atoms with van der Waals surface area (Å²) in [5.41, 5.74) is 1.09. The van der Waals surface area contributed by atoms with Crippen LogP contribution in [0.2, 0.25) is 0 Å². The standard InChI is InChI=1S/C12H10Br3N3/c13-6-11-16-17-12(18(11)10-1-2-10)7-3-8(14)5-9(15)4-7/h3-5,10H,1-2,6H2. The lowest BCUT2D eigenvalue weighted by atomic mass is 10.2. The van der Waals surface area contributed by atoms with Gasteiger partial charge in [0.05, 0.1) is 5.33 Å². The average Bonchev–Trinajstić information content (AvgIpc) is 3.07. The molecule has 1 saturated carbocycles. The molecule has 1 aliphatic carbocycles. The second-order valence-corrected chi connectivity index (χ2v) is 6.72. The summed E-state index contributed by atoms with van der Waals surface area (Å²) in [5, 5.41) is 9.35. The monoisotopic (exact) mass is 433 g/mol. The van der Waals surface area contributed by atoms with Gasteiger partial charge in [-0.25, -0.2) is 0 Å². The smallest absolute Gasteiger partial charge is 0.164 e. The Morgan fingerprint density at radius 1 is 1.11 bits per heavy atom. The number of aromatic nitrogens is 3. The zero-order valence-corrected chi connectivity index (χ0v) is 14.2. The van der Waals surface area contributed by atoms with E-state index < -0.39 is 0 Å². The molecule has 3 rings (SSSR count). The first-order valence-corrected chi connectivity index (χ1v) is 8.36. The molecule has 0 saturated heterocycles. The molecule has 0 unspecified atom stereocenters. The fourth-order valence-electron chi connectivity index (χ4n) is 2.01. The maximum absolute atomic E-state index is 4.34. The molecule has 1 fully saturated rings. The van der Waals surface area contributed by atoms with Crippen molar-refractivity contribution in [3.05, 3.63) is 33.0 Å². The number of hydrogen-bond donors (Lipinski definition) is 0. The molecule has 94 valence electrons. The van der Waals surface area contributed by atoms with Crippen molar-refractivity contribution in [2.24, 2.45) is 0 Å². The summed E-state index contributed by atoms with van der Waals surface area (Å²) in [6, 6.07) is 6.74. The van der Waals surface area contributed by atoms with Crippen LogP contribution in [0.5, 0.6) is 0 Å². The number of nitrogens with zero attached hydrogens (tertiary/aromatic N) is 3. The van der Waals surface area contributed by atoms with Gasteiger partial charge in [-0.1, -0.05) is 47.8 Å². The second kappa shape index (κ2) is 5.06. The predicted molar refractivity (Wildman–Crippen MR) is 81.8 cm³/mol. The van der Waals surface area contributed by atoms with Crippen molar-refractivity contribution in [2.45, 2.75) is 24.2 Å². The average molecular weight is 436 g/mol. The van der Waals surface area contributed by atoms with Gasteiger partial charge in [-0.3, -0.25) is 0 Å². The highest BCUT2D eigenvalue weighted by Gasteiger charge is 2.29. The van der Waals surface area contributed by atoms with Crippen LogP contribution in [-0.2, 0) is 5.33 Å². The molecule has 0 spiro atoms. The summed E-state index contributed by atoms with van der Waals surface area (Å²) in [6.07, 6.45) is 2.44. The first-order chi connectivity index (χ1) is 8.69. The van der Waals surface area contributed by atoms with Crippen LogP contribution in [0.25, 0.3) is 11.4 Å². The third-order valence-corrected chi connectivity index (χ3v) is 4.34. The summed E-state index contributed by atoms with van der Waals surface area (Å²) < 4.78 is 4.33. The largest absolute Gasteiger partial charge is 0.307 e. The number of benzene rings is 1. The molecule has 0 aliphatic heterocycles. The zero-order valence-electron chi connectivity index (χ0n) is 9.41. The third-order valence-electron chi connectivity index (χ3n) is 2.92. The summed E-state index contributed by atoms with van der Waals surface area (Å²) in [7, 11) is 0. The van der Waals surface area contributed by atoms with Gasteiger partial charge in [0, 0.05) is 20.6 Å². The number of alkyl halides is 1. The highest BCUT2D eigenvalue weighted by molar-refractivity contribution is 9.11. The maximum atomic E-state index is 4.34. The normalized spacial score (nSPS) is 15.1. The SMILES string of the molecule is BrCc1nnc(-c2cc(Br)cc(Br)c2)n1C1CC1. The second-order valence-electron chi connectivity index (χ2n) is 4.33. The molecule has 6 heteroatoms. The van der Waals surface area contributed by atoms with Gasteiger partial charge in [-0.2, -0.15) is 0 Å². The van der Waals surface area contributed by atoms with Gasteiger partial charge in [-0.05, 0) is 31.0 Å². The van der Waals surface area contributed by atoms with Crippen LogP contribution >= 0.6 is 47.8 Å². The molecular formula is C12H10Br3N3. The third kappa shape index (κ3) is 2.42. The first kappa shape index (κ1) is 12.8. The quantitative estimate of drug-likeness (QED) is 0.654. The topological polar surface area (TPSA) is 30.7 Å². The lowest BCUT2D eigenvalue weighted by molar-refractivity contribution is 0.714. The molecule has 1 heterocycles. The molecule has 1 aromatic carbocycles. The van der Waals surface area contributed by atoms with E-state index in [1.807, 2.05) is 6.07 Å². The summed E-state index contributed by atoms with van der Waals surface area (Å²) in [6.45, 7) is 0. The van der Waals surface area contributed by atoms with Crippen LogP contribution in [0.15, 0.2) is 27.1 Å². The van der Waals surface area contributed by atoms with Gasteiger partial charge in [0.1, 0.15) is 5.82 Å². The first-order valence-electron chi connectivity index (χ1n) is 5.65. The van der Waals surface area contributed by atoms with E-state index in [4.69, 9.17) is 0 Å². The Labute approximate surface area is 130 Å². The summed E-state index contributed by atoms with van der Waals surface area (Å²) in [5.74, 6) is 1.96. The van der Waals surface area contributed by atoms with Gasteiger partial charge in [0.25, 0.3) is 0 Å². The maximum Gasteiger partial charge on any atom is 0.164 e. The minimum Gasteiger partial charge on any atom is -0.307 e. The molecule has 1 aliphatic rings.